The monoisotopic (exact) mass is 431 g/mol. The molecule has 1 fully saturated rings. The number of rotatable bonds is 5. The number of fused-ring (bicyclic) bond motifs is 1. The van der Waals surface area contributed by atoms with Crippen LogP contribution in [0, 0.1) is 6.92 Å². The predicted molar refractivity (Wildman–Crippen MR) is 123 cm³/mol. The summed E-state index contributed by atoms with van der Waals surface area (Å²) in [5, 5.41) is 12.2. The Morgan fingerprint density at radius 3 is 2.34 bits per heavy atom. The Bertz CT molecular complexity index is 1220. The first-order valence-corrected chi connectivity index (χ1v) is 10.6. The largest absolute Gasteiger partial charge is 0.486 e. The molecule has 1 heterocycles. The summed E-state index contributed by atoms with van der Waals surface area (Å²) in [7, 11) is 0. The lowest BCUT2D eigenvalue weighted by Gasteiger charge is -2.22. The molecule has 1 amide bonds. The number of aryl methyl sites for hydroxylation is 1. The number of carbonyl (C=O) groups is 2. The number of amides is 1. The van der Waals surface area contributed by atoms with Crippen molar-refractivity contribution in [2.75, 3.05) is 18.5 Å². The summed E-state index contributed by atoms with van der Waals surface area (Å²) in [5.41, 5.74) is 4.23. The van der Waals surface area contributed by atoms with Gasteiger partial charge in [0.1, 0.15) is 13.2 Å². The molecule has 2 aliphatic rings. The number of nitrogens with one attached hydrogen (secondary N) is 1. The summed E-state index contributed by atoms with van der Waals surface area (Å²) < 4.78 is 11.3. The lowest BCUT2D eigenvalue weighted by molar-refractivity contribution is -0.118. The van der Waals surface area contributed by atoms with Crippen molar-refractivity contribution in [1.29, 1.82) is 0 Å². The molecule has 0 spiro atoms. The van der Waals surface area contributed by atoms with Crippen molar-refractivity contribution < 1.29 is 25.6 Å². The highest BCUT2D eigenvalue weighted by molar-refractivity contribution is 6.02. The number of ether oxygens (including phenoxy) is 2. The van der Waals surface area contributed by atoms with Crippen molar-refractivity contribution in [2.45, 2.75) is 25.2 Å². The van der Waals surface area contributed by atoms with Crippen molar-refractivity contribution in [3.63, 3.8) is 0 Å². The van der Waals surface area contributed by atoms with Gasteiger partial charge in [0.25, 0.3) is 0 Å². The van der Waals surface area contributed by atoms with Crippen LogP contribution in [-0.4, -0.2) is 30.2 Å². The molecule has 6 nitrogen and oxygen atoms in total. The molecule has 5 rings (SSSR count). The molecule has 0 aromatic heterocycles. The quantitative estimate of drug-likeness (QED) is 0.591. The molecule has 1 aliphatic heterocycles. The number of benzene rings is 3. The minimum Gasteiger partial charge on any atom is -0.486 e. The first-order chi connectivity index (χ1) is 15.5. The van der Waals surface area contributed by atoms with E-state index in [1.165, 1.54) is 0 Å². The average molecular weight is 431 g/mol. The summed E-state index contributed by atoms with van der Waals surface area (Å²) in [6.07, 6.45) is 1.57. The number of carboxylic acids is 1. The zero-order chi connectivity index (χ0) is 22.3. The number of hydrogen-bond donors (Lipinski definition) is 2. The molecule has 0 atom stereocenters. The van der Waals surface area contributed by atoms with E-state index in [9.17, 15) is 9.59 Å². The van der Waals surface area contributed by atoms with E-state index >= 15 is 0 Å². The number of aromatic carboxylic acids is 1. The molecule has 3 aromatic carbocycles. The second-order valence-corrected chi connectivity index (χ2v) is 8.31. The van der Waals surface area contributed by atoms with Crippen LogP contribution in [0.5, 0.6) is 11.5 Å². The van der Waals surface area contributed by atoms with Crippen LogP contribution < -0.4 is 14.8 Å². The van der Waals surface area contributed by atoms with Gasteiger partial charge in [-0.15, -0.1) is 0 Å². The maximum Gasteiger partial charge on any atom is 0.335 e. The lowest BCUT2D eigenvalue weighted by atomic mass is 9.94. The standard InChI is InChI=1S/C26H23NO5.H2/c1-16-2-8-20(15-21(16)17-3-5-18(6-4-17)24(28)29)27-25(30)26(10-11-26)19-7-9-22-23(14-19)32-13-12-31-22;/h2-9,14-15H,10-13H2,1H3,(H,27,30)(H,28,29);1H. The number of hydrogen-bond acceptors (Lipinski definition) is 4. The third-order valence-electron chi connectivity index (χ3n) is 6.22. The van der Waals surface area contributed by atoms with Gasteiger partial charge in [-0.05, 0) is 78.4 Å². The molecule has 32 heavy (non-hydrogen) atoms. The Kier molecular flexibility index (Phi) is 4.85. The van der Waals surface area contributed by atoms with Crippen LogP contribution in [0.15, 0.2) is 60.7 Å². The second kappa shape index (κ2) is 7.71. The van der Waals surface area contributed by atoms with Gasteiger partial charge >= 0.3 is 5.97 Å². The van der Waals surface area contributed by atoms with Crippen LogP contribution in [0.1, 0.15) is 35.8 Å². The summed E-state index contributed by atoms with van der Waals surface area (Å²) in [4.78, 5) is 24.4. The van der Waals surface area contributed by atoms with Crippen molar-refractivity contribution in [1.82, 2.24) is 0 Å². The van der Waals surface area contributed by atoms with E-state index in [1.54, 1.807) is 24.3 Å². The molecule has 0 saturated heterocycles. The average Bonchev–Trinajstić information content (AvgIpc) is 3.62. The van der Waals surface area contributed by atoms with Gasteiger partial charge < -0.3 is 19.9 Å². The van der Waals surface area contributed by atoms with E-state index in [1.807, 2.05) is 43.3 Å². The predicted octanol–water partition coefficient (Wildman–Crippen LogP) is 5.05. The molecule has 2 N–H and O–H groups in total. The van der Waals surface area contributed by atoms with Crippen LogP contribution in [0.25, 0.3) is 11.1 Å². The number of anilines is 1. The smallest absolute Gasteiger partial charge is 0.335 e. The van der Waals surface area contributed by atoms with Gasteiger partial charge in [-0.25, -0.2) is 4.79 Å². The zero-order valence-corrected chi connectivity index (χ0v) is 17.7. The minimum atomic E-state index is -0.955. The van der Waals surface area contributed by atoms with Gasteiger partial charge in [-0.1, -0.05) is 24.3 Å². The van der Waals surface area contributed by atoms with Gasteiger partial charge in [-0.2, -0.15) is 0 Å². The summed E-state index contributed by atoms with van der Waals surface area (Å²) in [6, 6.07) is 18.3. The van der Waals surface area contributed by atoms with Crippen LogP contribution in [0.3, 0.4) is 0 Å². The van der Waals surface area contributed by atoms with Gasteiger partial charge in [0.15, 0.2) is 11.5 Å². The Morgan fingerprint density at radius 2 is 1.66 bits per heavy atom. The van der Waals surface area contributed by atoms with E-state index in [0.717, 1.165) is 35.1 Å². The Hall–Kier alpha value is -3.80. The fraction of sp³-hybridized carbons (Fsp3) is 0.231. The van der Waals surface area contributed by atoms with Crippen LogP contribution in [-0.2, 0) is 10.2 Å². The first kappa shape index (κ1) is 20.1. The van der Waals surface area contributed by atoms with E-state index in [-0.39, 0.29) is 12.9 Å². The van der Waals surface area contributed by atoms with Crippen LogP contribution in [0.2, 0.25) is 0 Å². The van der Waals surface area contributed by atoms with Crippen LogP contribution in [0.4, 0.5) is 5.69 Å². The molecule has 164 valence electrons. The van der Waals surface area contributed by atoms with Gasteiger partial charge in [0.2, 0.25) is 5.91 Å². The van der Waals surface area contributed by atoms with E-state index in [2.05, 4.69) is 5.32 Å². The van der Waals surface area contributed by atoms with Crippen molar-refractivity contribution in [2.24, 2.45) is 0 Å². The third-order valence-corrected chi connectivity index (χ3v) is 6.22. The topological polar surface area (TPSA) is 84.9 Å². The molecule has 0 bridgehead atoms. The van der Waals surface area contributed by atoms with Crippen molar-refractivity contribution >= 4 is 17.6 Å². The summed E-state index contributed by atoms with van der Waals surface area (Å²) in [6.45, 7) is 3.03. The zero-order valence-electron chi connectivity index (χ0n) is 17.7. The van der Waals surface area contributed by atoms with E-state index in [0.29, 0.717) is 30.4 Å². The number of carbonyl (C=O) groups excluding carboxylic acids is 1. The SMILES string of the molecule is Cc1ccc(NC(=O)C2(c3ccc4c(c3)OCCO4)CC2)cc1-c1ccc(C(=O)O)cc1.[HH]. The highest BCUT2D eigenvalue weighted by Crippen LogP contribution is 2.51. The fourth-order valence-electron chi connectivity index (χ4n) is 4.17. The summed E-state index contributed by atoms with van der Waals surface area (Å²) >= 11 is 0. The molecule has 1 aliphatic carbocycles. The maximum absolute atomic E-state index is 13.3. The Balaban J connectivity index is 0.00000259. The fourth-order valence-corrected chi connectivity index (χ4v) is 4.17. The Morgan fingerprint density at radius 1 is 0.938 bits per heavy atom. The minimum absolute atomic E-state index is 0. The molecular weight excluding hydrogens is 406 g/mol. The molecule has 0 unspecified atom stereocenters. The normalized spacial score (nSPS) is 15.7. The molecule has 6 heteroatoms. The van der Waals surface area contributed by atoms with E-state index in [4.69, 9.17) is 14.6 Å². The lowest BCUT2D eigenvalue weighted by Crippen LogP contribution is -2.28. The van der Waals surface area contributed by atoms with Gasteiger partial charge in [0, 0.05) is 7.11 Å². The van der Waals surface area contributed by atoms with Gasteiger partial charge in [0.05, 0.1) is 11.0 Å². The third kappa shape index (κ3) is 3.58. The van der Waals surface area contributed by atoms with Crippen molar-refractivity contribution in [3.8, 4) is 22.6 Å². The van der Waals surface area contributed by atoms with Gasteiger partial charge in [-0.3, -0.25) is 4.79 Å². The van der Waals surface area contributed by atoms with Crippen LogP contribution >= 0.6 is 0 Å². The number of carboxylic acid groups (broad SMARTS) is 1. The highest BCUT2D eigenvalue weighted by Gasteiger charge is 2.51. The van der Waals surface area contributed by atoms with E-state index < -0.39 is 11.4 Å². The van der Waals surface area contributed by atoms with Crippen molar-refractivity contribution in [3.05, 3.63) is 77.4 Å². The molecule has 0 radical (unpaired) electrons. The molecular formula is C26H25NO5. The highest BCUT2D eigenvalue weighted by atomic mass is 16.6. The second-order valence-electron chi connectivity index (χ2n) is 8.31. The first-order valence-electron chi connectivity index (χ1n) is 10.6. The molecule has 1 saturated carbocycles. The molecule has 3 aromatic rings. The Labute approximate surface area is 187 Å². The maximum atomic E-state index is 13.3. The summed E-state index contributed by atoms with van der Waals surface area (Å²) in [5.74, 6) is 0.414.